The summed E-state index contributed by atoms with van der Waals surface area (Å²) in [5.41, 5.74) is 0.979. The summed E-state index contributed by atoms with van der Waals surface area (Å²) in [7, 11) is 1.38. The maximum atomic E-state index is 12.2. The average molecular weight is 350 g/mol. The Balaban J connectivity index is 2.26. The molecule has 6 heteroatoms. The second-order valence-electron chi connectivity index (χ2n) is 4.15. The molecule has 0 unspecified atom stereocenters. The van der Waals surface area contributed by atoms with Crippen LogP contribution in [0, 0.1) is 0 Å². The predicted molar refractivity (Wildman–Crippen MR) is 82.0 cm³/mol. The van der Waals surface area contributed by atoms with E-state index in [0.29, 0.717) is 15.7 Å². The van der Waals surface area contributed by atoms with Crippen molar-refractivity contribution in [1.29, 1.82) is 0 Å². The molecule has 0 aliphatic heterocycles. The van der Waals surface area contributed by atoms with E-state index >= 15 is 0 Å². The molecule has 0 atom stereocenters. The molecule has 1 amide bonds. The van der Waals surface area contributed by atoms with Gasteiger partial charge in [-0.2, -0.15) is 0 Å². The molecule has 0 bridgehead atoms. The Labute approximate surface area is 129 Å². The van der Waals surface area contributed by atoms with Crippen LogP contribution in [0.25, 0.3) is 0 Å². The van der Waals surface area contributed by atoms with Gasteiger partial charge in [-0.05, 0) is 40.2 Å². The van der Waals surface area contributed by atoms with E-state index < -0.39 is 5.97 Å². The first kappa shape index (κ1) is 15.1. The molecule has 0 saturated carbocycles. The zero-order valence-electron chi connectivity index (χ0n) is 11.1. The zero-order chi connectivity index (χ0) is 15.4. The number of amides is 1. The van der Waals surface area contributed by atoms with Gasteiger partial charge < -0.3 is 15.2 Å². The van der Waals surface area contributed by atoms with E-state index in [1.54, 1.807) is 18.2 Å². The molecule has 0 heterocycles. The van der Waals surface area contributed by atoms with Gasteiger partial charge in [-0.15, -0.1) is 0 Å². The van der Waals surface area contributed by atoms with E-state index in [1.165, 1.54) is 25.3 Å². The average Bonchev–Trinajstić information content (AvgIpc) is 2.47. The number of hydrogen-bond donors (Lipinski definition) is 2. The van der Waals surface area contributed by atoms with E-state index in [2.05, 4.69) is 21.2 Å². The highest BCUT2D eigenvalue weighted by molar-refractivity contribution is 9.10. The number of rotatable bonds is 4. The van der Waals surface area contributed by atoms with Crippen LogP contribution in [-0.2, 0) is 0 Å². The Morgan fingerprint density at radius 1 is 1.14 bits per heavy atom. The van der Waals surface area contributed by atoms with Crippen LogP contribution in [0.2, 0.25) is 0 Å². The molecule has 0 radical (unpaired) electrons. The summed E-state index contributed by atoms with van der Waals surface area (Å²) in [5, 5.41) is 11.7. The van der Waals surface area contributed by atoms with E-state index in [4.69, 9.17) is 9.84 Å². The maximum absolute atomic E-state index is 12.2. The van der Waals surface area contributed by atoms with Crippen molar-refractivity contribution < 1.29 is 19.4 Å². The van der Waals surface area contributed by atoms with Crippen LogP contribution in [-0.4, -0.2) is 24.1 Å². The van der Waals surface area contributed by atoms with Gasteiger partial charge in [0.25, 0.3) is 5.91 Å². The number of ether oxygens (including phenoxy) is 1. The van der Waals surface area contributed by atoms with Gasteiger partial charge in [0.05, 0.1) is 12.7 Å². The number of methoxy groups -OCH3 is 1. The number of carbonyl (C=O) groups excluding carboxylic acids is 1. The van der Waals surface area contributed by atoms with Crippen LogP contribution in [0.4, 0.5) is 5.69 Å². The zero-order valence-corrected chi connectivity index (χ0v) is 12.7. The summed E-state index contributed by atoms with van der Waals surface area (Å²) in [4.78, 5) is 23.2. The fraction of sp³-hybridized carbons (Fsp3) is 0.0667. The molecular weight excluding hydrogens is 338 g/mol. The van der Waals surface area contributed by atoms with Crippen LogP contribution in [0.15, 0.2) is 46.9 Å². The lowest BCUT2D eigenvalue weighted by Crippen LogP contribution is -2.13. The second-order valence-corrected chi connectivity index (χ2v) is 5.01. The van der Waals surface area contributed by atoms with Gasteiger partial charge in [-0.3, -0.25) is 4.79 Å². The van der Waals surface area contributed by atoms with Crippen LogP contribution in [0.5, 0.6) is 5.75 Å². The number of halogens is 1. The lowest BCUT2D eigenvalue weighted by molar-refractivity contribution is 0.0693. The molecule has 5 nitrogen and oxygen atoms in total. The minimum absolute atomic E-state index is 0.0383. The summed E-state index contributed by atoms with van der Waals surface area (Å²) >= 11 is 3.31. The van der Waals surface area contributed by atoms with Gasteiger partial charge in [0, 0.05) is 16.2 Å². The number of carboxylic acids is 1. The van der Waals surface area contributed by atoms with Gasteiger partial charge in [-0.1, -0.05) is 12.1 Å². The highest BCUT2D eigenvalue weighted by atomic mass is 79.9. The van der Waals surface area contributed by atoms with Crippen molar-refractivity contribution >= 4 is 33.5 Å². The molecule has 2 aromatic carbocycles. The van der Waals surface area contributed by atoms with E-state index in [1.807, 2.05) is 6.07 Å². The standard InChI is InChI=1S/C15H12BrNO4/c1-21-13-8-9(6-7-11(13)15(19)20)17-14(18)10-4-2-3-5-12(10)16/h2-8H,1H3,(H,17,18)(H,19,20). The smallest absolute Gasteiger partial charge is 0.339 e. The fourth-order valence-corrected chi connectivity index (χ4v) is 2.25. The molecule has 0 aromatic heterocycles. The van der Waals surface area contributed by atoms with Gasteiger partial charge in [0.15, 0.2) is 0 Å². The molecule has 0 spiro atoms. The molecule has 2 N–H and O–H groups in total. The number of carboxylic acid groups (broad SMARTS) is 1. The van der Waals surface area contributed by atoms with Crippen molar-refractivity contribution in [2.75, 3.05) is 12.4 Å². The summed E-state index contributed by atoms with van der Waals surface area (Å²) in [6.45, 7) is 0. The van der Waals surface area contributed by atoms with Gasteiger partial charge in [0.2, 0.25) is 0 Å². The van der Waals surface area contributed by atoms with Crippen molar-refractivity contribution in [1.82, 2.24) is 0 Å². The van der Waals surface area contributed by atoms with Crippen LogP contribution < -0.4 is 10.1 Å². The van der Waals surface area contributed by atoms with E-state index in [0.717, 1.165) is 0 Å². The van der Waals surface area contributed by atoms with E-state index in [9.17, 15) is 9.59 Å². The Morgan fingerprint density at radius 2 is 1.86 bits per heavy atom. The van der Waals surface area contributed by atoms with Crippen molar-refractivity contribution in [3.63, 3.8) is 0 Å². The molecule has 2 rings (SSSR count). The SMILES string of the molecule is COc1cc(NC(=O)c2ccccc2Br)ccc1C(=O)O. The number of nitrogens with one attached hydrogen (secondary N) is 1. The summed E-state index contributed by atoms with van der Waals surface area (Å²) in [6.07, 6.45) is 0. The number of anilines is 1. The minimum atomic E-state index is -1.09. The van der Waals surface area contributed by atoms with Crippen molar-refractivity contribution in [3.8, 4) is 5.75 Å². The normalized spacial score (nSPS) is 10.0. The van der Waals surface area contributed by atoms with Crippen molar-refractivity contribution in [2.24, 2.45) is 0 Å². The lowest BCUT2D eigenvalue weighted by Gasteiger charge is -2.10. The molecule has 0 aliphatic carbocycles. The number of benzene rings is 2. The molecule has 0 fully saturated rings. The first-order chi connectivity index (χ1) is 10.0. The predicted octanol–water partition coefficient (Wildman–Crippen LogP) is 3.41. The summed E-state index contributed by atoms with van der Waals surface area (Å²) < 4.78 is 5.69. The van der Waals surface area contributed by atoms with Crippen molar-refractivity contribution in [3.05, 3.63) is 58.1 Å². The third kappa shape index (κ3) is 3.41. The highest BCUT2D eigenvalue weighted by Crippen LogP contribution is 2.24. The maximum Gasteiger partial charge on any atom is 0.339 e. The summed E-state index contributed by atoms with van der Waals surface area (Å²) in [6, 6.07) is 11.4. The van der Waals surface area contributed by atoms with Crippen LogP contribution in [0.1, 0.15) is 20.7 Å². The Kier molecular flexibility index (Phi) is 4.59. The molecule has 2 aromatic rings. The topological polar surface area (TPSA) is 75.6 Å². The number of hydrogen-bond acceptors (Lipinski definition) is 3. The largest absolute Gasteiger partial charge is 0.496 e. The Bertz CT molecular complexity index is 700. The quantitative estimate of drug-likeness (QED) is 0.886. The van der Waals surface area contributed by atoms with Crippen molar-refractivity contribution in [2.45, 2.75) is 0 Å². The van der Waals surface area contributed by atoms with Gasteiger partial charge in [-0.25, -0.2) is 4.79 Å². The van der Waals surface area contributed by atoms with Crippen LogP contribution in [0.3, 0.4) is 0 Å². The second kappa shape index (κ2) is 6.41. The highest BCUT2D eigenvalue weighted by Gasteiger charge is 2.14. The first-order valence-electron chi connectivity index (χ1n) is 6.00. The lowest BCUT2D eigenvalue weighted by atomic mass is 10.1. The monoisotopic (exact) mass is 349 g/mol. The fourth-order valence-electron chi connectivity index (χ4n) is 1.79. The van der Waals surface area contributed by atoms with Gasteiger partial charge >= 0.3 is 5.97 Å². The molecule has 21 heavy (non-hydrogen) atoms. The summed E-state index contributed by atoms with van der Waals surface area (Å²) in [5.74, 6) is -1.20. The molecular formula is C15H12BrNO4. The van der Waals surface area contributed by atoms with Crippen LogP contribution >= 0.6 is 15.9 Å². The molecule has 108 valence electrons. The third-order valence-electron chi connectivity index (χ3n) is 2.81. The molecule has 0 saturated heterocycles. The Hall–Kier alpha value is -2.34. The van der Waals surface area contributed by atoms with Gasteiger partial charge in [0.1, 0.15) is 11.3 Å². The third-order valence-corrected chi connectivity index (χ3v) is 3.50. The molecule has 0 aliphatic rings. The van der Waals surface area contributed by atoms with E-state index in [-0.39, 0.29) is 17.2 Å². The minimum Gasteiger partial charge on any atom is -0.496 e. The Morgan fingerprint density at radius 3 is 2.48 bits per heavy atom. The number of aromatic carboxylic acids is 1. The number of carbonyl (C=O) groups is 2. The first-order valence-corrected chi connectivity index (χ1v) is 6.79.